The number of carboxylic acid groups (broad SMARTS) is 1. The van der Waals surface area contributed by atoms with Gasteiger partial charge in [-0.1, -0.05) is 27.2 Å². The number of carbonyl (C=O) groups is 1. The van der Waals surface area contributed by atoms with Crippen LogP contribution in [0.25, 0.3) is 0 Å². The Balaban J connectivity index is 2.54. The molecule has 0 saturated heterocycles. The van der Waals surface area contributed by atoms with Crippen LogP contribution in [0.3, 0.4) is 0 Å². The third-order valence-electron chi connectivity index (χ3n) is 3.03. The standard InChI is InChI=1S/C11H20N4O2/c1-4-8(2)7-10-12-13-14-15(10)6-5-9(3)11(16)17/h8-9H,4-7H2,1-3H3,(H,16,17). The number of aliphatic carboxylic acids is 1. The number of tetrazole rings is 1. The molecule has 0 fully saturated rings. The van der Waals surface area contributed by atoms with Gasteiger partial charge in [0.05, 0.1) is 5.92 Å². The van der Waals surface area contributed by atoms with Gasteiger partial charge in [0.15, 0.2) is 5.82 Å². The molecule has 1 aromatic rings. The normalized spacial score (nSPS) is 14.5. The second kappa shape index (κ2) is 6.32. The van der Waals surface area contributed by atoms with E-state index in [1.807, 2.05) is 0 Å². The average molecular weight is 240 g/mol. The van der Waals surface area contributed by atoms with Gasteiger partial charge < -0.3 is 5.11 Å². The van der Waals surface area contributed by atoms with E-state index < -0.39 is 5.97 Å². The van der Waals surface area contributed by atoms with Crippen molar-refractivity contribution in [3.63, 3.8) is 0 Å². The summed E-state index contributed by atoms with van der Waals surface area (Å²) < 4.78 is 1.71. The van der Waals surface area contributed by atoms with E-state index in [2.05, 4.69) is 29.4 Å². The van der Waals surface area contributed by atoms with Gasteiger partial charge in [0.25, 0.3) is 0 Å². The number of hydrogen-bond acceptors (Lipinski definition) is 4. The van der Waals surface area contributed by atoms with Crippen LogP contribution in [0, 0.1) is 11.8 Å². The molecule has 6 heteroatoms. The molecule has 1 rings (SSSR count). The lowest BCUT2D eigenvalue weighted by atomic mass is 10.0. The number of hydrogen-bond donors (Lipinski definition) is 1. The first-order valence-electron chi connectivity index (χ1n) is 6.02. The van der Waals surface area contributed by atoms with Gasteiger partial charge in [0, 0.05) is 13.0 Å². The topological polar surface area (TPSA) is 80.9 Å². The SMILES string of the molecule is CCC(C)Cc1nnnn1CCC(C)C(=O)O. The first kappa shape index (κ1) is 13.6. The molecule has 0 aliphatic carbocycles. The largest absolute Gasteiger partial charge is 0.481 e. The average Bonchev–Trinajstić information content (AvgIpc) is 2.72. The molecule has 2 atom stereocenters. The molecule has 0 amide bonds. The van der Waals surface area contributed by atoms with Crippen LogP contribution in [0.2, 0.25) is 0 Å². The van der Waals surface area contributed by atoms with Gasteiger partial charge in [0.2, 0.25) is 0 Å². The van der Waals surface area contributed by atoms with Crippen molar-refractivity contribution in [1.29, 1.82) is 0 Å². The predicted octanol–water partition coefficient (Wildman–Crippen LogP) is 1.37. The Morgan fingerprint density at radius 2 is 2.18 bits per heavy atom. The van der Waals surface area contributed by atoms with Crippen molar-refractivity contribution in [3.05, 3.63) is 5.82 Å². The van der Waals surface area contributed by atoms with Crippen molar-refractivity contribution in [1.82, 2.24) is 20.2 Å². The Hall–Kier alpha value is -1.46. The minimum atomic E-state index is -0.776. The monoisotopic (exact) mass is 240 g/mol. The third-order valence-corrected chi connectivity index (χ3v) is 3.03. The third kappa shape index (κ3) is 4.13. The lowest BCUT2D eigenvalue weighted by Crippen LogP contribution is -2.15. The Kier molecular flexibility index (Phi) is 5.06. The summed E-state index contributed by atoms with van der Waals surface area (Å²) in [6, 6.07) is 0. The van der Waals surface area contributed by atoms with Crippen LogP contribution in [-0.2, 0) is 17.8 Å². The van der Waals surface area contributed by atoms with Gasteiger partial charge in [-0.2, -0.15) is 0 Å². The van der Waals surface area contributed by atoms with E-state index in [0.717, 1.165) is 18.7 Å². The van der Waals surface area contributed by atoms with E-state index >= 15 is 0 Å². The number of rotatable bonds is 7. The highest BCUT2D eigenvalue weighted by atomic mass is 16.4. The van der Waals surface area contributed by atoms with Crippen molar-refractivity contribution in [2.24, 2.45) is 11.8 Å². The van der Waals surface area contributed by atoms with Crippen LogP contribution in [0.1, 0.15) is 39.4 Å². The molecule has 0 radical (unpaired) electrons. The lowest BCUT2D eigenvalue weighted by molar-refractivity contribution is -0.141. The fourth-order valence-electron chi connectivity index (χ4n) is 1.44. The quantitative estimate of drug-likeness (QED) is 0.778. The summed E-state index contributed by atoms with van der Waals surface area (Å²) in [5.74, 6) is 0.241. The van der Waals surface area contributed by atoms with E-state index in [4.69, 9.17) is 5.11 Å². The van der Waals surface area contributed by atoms with Gasteiger partial charge in [0.1, 0.15) is 0 Å². The molecule has 0 spiro atoms. The molecule has 17 heavy (non-hydrogen) atoms. The molecule has 0 aliphatic heterocycles. The van der Waals surface area contributed by atoms with Gasteiger partial charge >= 0.3 is 5.97 Å². The highest BCUT2D eigenvalue weighted by molar-refractivity contribution is 5.69. The van der Waals surface area contributed by atoms with Crippen molar-refractivity contribution >= 4 is 5.97 Å². The molecule has 1 heterocycles. The second-order valence-electron chi connectivity index (χ2n) is 4.56. The predicted molar refractivity (Wildman–Crippen MR) is 62.4 cm³/mol. The Morgan fingerprint density at radius 1 is 1.47 bits per heavy atom. The van der Waals surface area contributed by atoms with Crippen molar-refractivity contribution in [2.75, 3.05) is 0 Å². The molecule has 0 aromatic carbocycles. The Morgan fingerprint density at radius 3 is 2.76 bits per heavy atom. The molecule has 1 N–H and O–H groups in total. The van der Waals surface area contributed by atoms with Crippen LogP contribution in [0.5, 0.6) is 0 Å². The number of aromatic nitrogens is 4. The molecule has 2 unspecified atom stereocenters. The zero-order chi connectivity index (χ0) is 12.8. The zero-order valence-corrected chi connectivity index (χ0v) is 10.6. The minimum Gasteiger partial charge on any atom is -0.481 e. The molecular weight excluding hydrogens is 220 g/mol. The van der Waals surface area contributed by atoms with Crippen LogP contribution in [-0.4, -0.2) is 31.3 Å². The van der Waals surface area contributed by atoms with E-state index in [9.17, 15) is 4.79 Å². The van der Waals surface area contributed by atoms with Gasteiger partial charge in [-0.3, -0.25) is 4.79 Å². The first-order valence-corrected chi connectivity index (χ1v) is 6.02. The summed E-state index contributed by atoms with van der Waals surface area (Å²) in [5.41, 5.74) is 0. The van der Waals surface area contributed by atoms with Crippen molar-refractivity contribution < 1.29 is 9.90 Å². The summed E-state index contributed by atoms with van der Waals surface area (Å²) >= 11 is 0. The first-order chi connectivity index (χ1) is 8.04. The Labute approximate surface area is 101 Å². The fourth-order valence-corrected chi connectivity index (χ4v) is 1.44. The molecule has 0 saturated carbocycles. The summed E-state index contributed by atoms with van der Waals surface area (Å²) in [5, 5.41) is 20.3. The summed E-state index contributed by atoms with van der Waals surface area (Å²) in [6.45, 7) is 6.54. The molecule has 1 aromatic heterocycles. The van der Waals surface area contributed by atoms with E-state index in [0.29, 0.717) is 18.9 Å². The number of nitrogens with zero attached hydrogens (tertiary/aromatic N) is 4. The highest BCUT2D eigenvalue weighted by Crippen LogP contribution is 2.10. The second-order valence-corrected chi connectivity index (χ2v) is 4.56. The minimum absolute atomic E-state index is 0.365. The maximum Gasteiger partial charge on any atom is 0.306 e. The zero-order valence-electron chi connectivity index (χ0n) is 10.6. The number of carboxylic acids is 1. The molecular formula is C11H20N4O2. The molecule has 96 valence electrons. The van der Waals surface area contributed by atoms with E-state index in [1.165, 1.54) is 0 Å². The fraction of sp³-hybridized carbons (Fsp3) is 0.818. The summed E-state index contributed by atoms with van der Waals surface area (Å²) in [4.78, 5) is 10.7. The number of aryl methyl sites for hydroxylation is 1. The van der Waals surface area contributed by atoms with Gasteiger partial charge in [-0.25, -0.2) is 4.68 Å². The van der Waals surface area contributed by atoms with Crippen LogP contribution in [0.4, 0.5) is 0 Å². The lowest BCUT2D eigenvalue weighted by Gasteiger charge is -2.09. The molecule has 0 aliphatic rings. The highest BCUT2D eigenvalue weighted by Gasteiger charge is 2.14. The van der Waals surface area contributed by atoms with Gasteiger partial charge in [-0.15, -0.1) is 5.10 Å². The van der Waals surface area contributed by atoms with Crippen LogP contribution < -0.4 is 0 Å². The Bertz CT molecular complexity index is 364. The molecule has 0 bridgehead atoms. The summed E-state index contributed by atoms with van der Waals surface area (Å²) in [6.07, 6.45) is 2.47. The van der Waals surface area contributed by atoms with Gasteiger partial charge in [-0.05, 0) is 22.8 Å². The smallest absolute Gasteiger partial charge is 0.306 e. The van der Waals surface area contributed by atoms with Crippen molar-refractivity contribution in [2.45, 2.75) is 46.6 Å². The van der Waals surface area contributed by atoms with Crippen LogP contribution in [0.15, 0.2) is 0 Å². The maximum absolute atomic E-state index is 10.7. The summed E-state index contributed by atoms with van der Waals surface area (Å²) in [7, 11) is 0. The van der Waals surface area contributed by atoms with Crippen molar-refractivity contribution in [3.8, 4) is 0 Å². The van der Waals surface area contributed by atoms with E-state index in [-0.39, 0.29) is 5.92 Å². The molecule has 6 nitrogen and oxygen atoms in total. The van der Waals surface area contributed by atoms with E-state index in [1.54, 1.807) is 11.6 Å². The van der Waals surface area contributed by atoms with Crippen LogP contribution >= 0.6 is 0 Å². The maximum atomic E-state index is 10.7.